The summed E-state index contributed by atoms with van der Waals surface area (Å²) in [5.74, 6) is 1.93. The number of benzene rings is 1. The van der Waals surface area contributed by atoms with Crippen molar-refractivity contribution in [2.45, 2.75) is 38.8 Å². The normalized spacial score (nSPS) is 28.6. The van der Waals surface area contributed by atoms with Crippen molar-refractivity contribution in [2.24, 2.45) is 23.5 Å². The maximum atomic E-state index is 12.2. The van der Waals surface area contributed by atoms with Crippen LogP contribution in [-0.4, -0.2) is 5.91 Å². The van der Waals surface area contributed by atoms with Gasteiger partial charge < -0.3 is 11.1 Å². The van der Waals surface area contributed by atoms with Crippen molar-refractivity contribution in [3.8, 4) is 0 Å². The number of hydrogen-bond acceptors (Lipinski definition) is 2. The van der Waals surface area contributed by atoms with Crippen LogP contribution in [0, 0.1) is 17.8 Å². The molecule has 0 aromatic heterocycles. The molecular formula is C16H22N2O. The summed E-state index contributed by atoms with van der Waals surface area (Å²) in [6, 6.07) is 8.13. The lowest BCUT2D eigenvalue weighted by atomic mass is 10.0. The number of amides is 1. The van der Waals surface area contributed by atoms with Crippen molar-refractivity contribution >= 4 is 5.91 Å². The number of carbonyl (C=O) groups is 1. The Bertz CT molecular complexity index is 460. The maximum Gasteiger partial charge on any atom is 0.223 e. The van der Waals surface area contributed by atoms with Gasteiger partial charge in [0.2, 0.25) is 5.91 Å². The number of fused-ring (bicyclic) bond motifs is 1. The predicted octanol–water partition coefficient (Wildman–Crippen LogP) is 2.20. The van der Waals surface area contributed by atoms with Gasteiger partial charge in [-0.25, -0.2) is 0 Å². The first-order valence-corrected chi connectivity index (χ1v) is 7.35. The van der Waals surface area contributed by atoms with E-state index in [0.29, 0.717) is 30.8 Å². The van der Waals surface area contributed by atoms with Crippen molar-refractivity contribution in [1.82, 2.24) is 5.32 Å². The number of hydrogen-bond donors (Lipinski definition) is 2. The second-order valence-corrected chi connectivity index (χ2v) is 5.88. The third-order valence-corrected chi connectivity index (χ3v) is 4.65. The molecule has 2 aliphatic rings. The lowest BCUT2D eigenvalue weighted by molar-refractivity contribution is -0.123. The van der Waals surface area contributed by atoms with E-state index in [1.54, 1.807) is 0 Å². The molecule has 0 bridgehead atoms. The molecule has 0 aliphatic heterocycles. The Labute approximate surface area is 114 Å². The fourth-order valence-electron chi connectivity index (χ4n) is 3.55. The Morgan fingerprint density at radius 2 is 1.89 bits per heavy atom. The van der Waals surface area contributed by atoms with Gasteiger partial charge in [-0.2, -0.15) is 0 Å². The smallest absolute Gasteiger partial charge is 0.223 e. The third-order valence-electron chi connectivity index (χ3n) is 4.65. The first kappa shape index (κ1) is 12.7. The van der Waals surface area contributed by atoms with E-state index in [0.717, 1.165) is 11.1 Å². The van der Waals surface area contributed by atoms with Crippen molar-refractivity contribution in [2.75, 3.05) is 0 Å². The number of carbonyl (C=O) groups excluding carboxylic acids is 1. The van der Waals surface area contributed by atoms with Crippen LogP contribution >= 0.6 is 0 Å². The van der Waals surface area contributed by atoms with Crippen molar-refractivity contribution in [1.29, 1.82) is 0 Å². The van der Waals surface area contributed by atoms with Crippen molar-refractivity contribution < 1.29 is 4.79 Å². The van der Waals surface area contributed by atoms with Gasteiger partial charge in [0.25, 0.3) is 0 Å². The van der Waals surface area contributed by atoms with E-state index < -0.39 is 0 Å². The highest BCUT2D eigenvalue weighted by Gasteiger charge is 2.54. The highest BCUT2D eigenvalue weighted by Crippen LogP contribution is 2.55. The van der Waals surface area contributed by atoms with Crippen LogP contribution < -0.4 is 11.1 Å². The van der Waals surface area contributed by atoms with Gasteiger partial charge in [-0.3, -0.25) is 4.79 Å². The maximum absolute atomic E-state index is 12.2. The molecule has 102 valence electrons. The van der Waals surface area contributed by atoms with E-state index in [1.807, 2.05) is 18.2 Å². The average Bonchev–Trinajstić information content (AvgIpc) is 3.19. The van der Waals surface area contributed by atoms with E-state index in [4.69, 9.17) is 5.73 Å². The van der Waals surface area contributed by atoms with Crippen LogP contribution in [0.5, 0.6) is 0 Å². The molecule has 3 rings (SSSR count). The molecule has 2 atom stereocenters. The molecule has 3 N–H and O–H groups in total. The topological polar surface area (TPSA) is 55.1 Å². The molecule has 1 aromatic rings. The third kappa shape index (κ3) is 2.66. The Hall–Kier alpha value is -1.35. The van der Waals surface area contributed by atoms with Gasteiger partial charge in [-0.05, 0) is 35.8 Å². The monoisotopic (exact) mass is 258 g/mol. The zero-order valence-corrected chi connectivity index (χ0v) is 11.3. The van der Waals surface area contributed by atoms with Crippen LogP contribution in [0.25, 0.3) is 0 Å². The Balaban J connectivity index is 1.53. The minimum absolute atomic E-state index is 0.259. The number of nitrogens with one attached hydrogen (secondary N) is 1. The van der Waals surface area contributed by atoms with Gasteiger partial charge in [0.15, 0.2) is 0 Å². The lowest BCUT2D eigenvalue weighted by Crippen LogP contribution is -2.25. The zero-order chi connectivity index (χ0) is 13.2. The molecule has 2 fully saturated rings. The van der Waals surface area contributed by atoms with E-state index in [1.165, 1.54) is 25.7 Å². The molecule has 3 heteroatoms. The van der Waals surface area contributed by atoms with E-state index in [2.05, 4.69) is 11.4 Å². The van der Waals surface area contributed by atoms with Gasteiger partial charge in [0.1, 0.15) is 0 Å². The van der Waals surface area contributed by atoms with E-state index >= 15 is 0 Å². The first-order valence-electron chi connectivity index (χ1n) is 7.35. The molecule has 0 saturated heterocycles. The van der Waals surface area contributed by atoms with Gasteiger partial charge in [-0.1, -0.05) is 37.1 Å². The van der Waals surface area contributed by atoms with E-state index in [-0.39, 0.29) is 5.91 Å². The Morgan fingerprint density at radius 1 is 1.21 bits per heavy atom. The van der Waals surface area contributed by atoms with Crippen LogP contribution in [0.4, 0.5) is 0 Å². The summed E-state index contributed by atoms with van der Waals surface area (Å²) in [7, 11) is 0. The van der Waals surface area contributed by atoms with Crippen LogP contribution in [0.3, 0.4) is 0 Å². The molecule has 19 heavy (non-hydrogen) atoms. The van der Waals surface area contributed by atoms with Crippen molar-refractivity contribution in [3.63, 3.8) is 0 Å². The molecule has 2 unspecified atom stereocenters. The van der Waals surface area contributed by atoms with Crippen LogP contribution in [0.15, 0.2) is 24.3 Å². The highest BCUT2D eigenvalue weighted by molar-refractivity contribution is 5.82. The largest absolute Gasteiger partial charge is 0.352 e. The molecule has 0 radical (unpaired) electrons. The summed E-state index contributed by atoms with van der Waals surface area (Å²) in [5, 5.41) is 3.09. The van der Waals surface area contributed by atoms with Crippen LogP contribution in [0.2, 0.25) is 0 Å². The molecular weight excluding hydrogens is 236 g/mol. The average molecular weight is 258 g/mol. The molecule has 3 nitrogen and oxygen atoms in total. The van der Waals surface area contributed by atoms with Gasteiger partial charge in [0.05, 0.1) is 0 Å². The molecule has 2 aliphatic carbocycles. The summed E-state index contributed by atoms with van der Waals surface area (Å²) in [5.41, 5.74) is 7.88. The summed E-state index contributed by atoms with van der Waals surface area (Å²) in [6.07, 6.45) is 5.13. The van der Waals surface area contributed by atoms with Crippen LogP contribution in [0.1, 0.15) is 36.8 Å². The Kier molecular flexibility index (Phi) is 3.56. The standard InChI is InChI=1S/C16H22N2O/c17-9-11-4-3-5-12(8-11)10-18-16(19)15-13-6-1-2-7-14(13)15/h3-5,8,13-15H,1-2,6-7,9-10,17H2,(H,18,19). The highest BCUT2D eigenvalue weighted by atomic mass is 16.2. The Morgan fingerprint density at radius 3 is 2.58 bits per heavy atom. The predicted molar refractivity (Wildman–Crippen MR) is 75.1 cm³/mol. The van der Waals surface area contributed by atoms with Gasteiger partial charge >= 0.3 is 0 Å². The SMILES string of the molecule is NCc1cccc(CNC(=O)C2C3CCCCC32)c1. The van der Waals surface area contributed by atoms with Gasteiger partial charge in [-0.15, -0.1) is 0 Å². The quantitative estimate of drug-likeness (QED) is 0.870. The number of rotatable bonds is 4. The summed E-state index contributed by atoms with van der Waals surface area (Å²) >= 11 is 0. The molecule has 0 heterocycles. The van der Waals surface area contributed by atoms with Gasteiger partial charge in [0, 0.05) is 19.0 Å². The second kappa shape index (κ2) is 5.33. The number of nitrogens with two attached hydrogens (primary N) is 1. The zero-order valence-electron chi connectivity index (χ0n) is 11.3. The fourth-order valence-corrected chi connectivity index (χ4v) is 3.55. The molecule has 2 saturated carbocycles. The summed E-state index contributed by atoms with van der Waals surface area (Å²) in [6.45, 7) is 1.18. The minimum Gasteiger partial charge on any atom is -0.352 e. The first-order chi connectivity index (χ1) is 9.29. The molecule has 0 spiro atoms. The van der Waals surface area contributed by atoms with Crippen LogP contribution in [-0.2, 0) is 17.9 Å². The molecule has 1 aromatic carbocycles. The lowest BCUT2D eigenvalue weighted by Gasteiger charge is -2.06. The second-order valence-electron chi connectivity index (χ2n) is 5.88. The van der Waals surface area contributed by atoms with E-state index in [9.17, 15) is 4.79 Å². The van der Waals surface area contributed by atoms with Crippen molar-refractivity contribution in [3.05, 3.63) is 35.4 Å². The summed E-state index contributed by atoms with van der Waals surface area (Å²) < 4.78 is 0. The molecule has 1 amide bonds. The minimum atomic E-state index is 0.259. The fraction of sp³-hybridized carbons (Fsp3) is 0.562. The summed E-state index contributed by atoms with van der Waals surface area (Å²) in [4.78, 5) is 12.2.